The van der Waals surface area contributed by atoms with Gasteiger partial charge in [0.2, 0.25) is 0 Å². The maximum Gasteiger partial charge on any atom is 0.277 e. The van der Waals surface area contributed by atoms with Crippen molar-refractivity contribution in [2.75, 3.05) is 6.61 Å². The smallest absolute Gasteiger partial charge is 0.277 e. The first-order valence-electron chi connectivity index (χ1n) is 9.28. The molecule has 0 radical (unpaired) electrons. The lowest BCUT2D eigenvalue weighted by atomic mass is 10.0. The number of thiophene rings is 1. The molecule has 2 N–H and O–H groups in total. The van der Waals surface area contributed by atoms with Crippen LogP contribution in [0.25, 0.3) is 21.3 Å². The van der Waals surface area contributed by atoms with Crippen molar-refractivity contribution in [3.05, 3.63) is 76.8 Å². The Balaban J connectivity index is 1.43. The third-order valence-electron chi connectivity index (χ3n) is 4.57. The molecule has 0 unspecified atom stereocenters. The van der Waals surface area contributed by atoms with Gasteiger partial charge in [-0.05, 0) is 54.6 Å². The third kappa shape index (κ3) is 4.22. The third-order valence-corrected chi connectivity index (χ3v) is 5.48. The summed E-state index contributed by atoms with van der Waals surface area (Å²) in [6, 6.07) is 16.1. The fourth-order valence-electron chi connectivity index (χ4n) is 3.33. The number of carbonyl (C=O) groups is 1. The molecule has 0 atom stereocenters. The zero-order chi connectivity index (χ0) is 20.2. The van der Waals surface area contributed by atoms with Gasteiger partial charge in [-0.15, -0.1) is 11.3 Å². The highest BCUT2D eigenvalue weighted by atomic mass is 32.1. The number of fused-ring (bicyclic) bond motifs is 1. The van der Waals surface area contributed by atoms with E-state index in [0.717, 1.165) is 43.8 Å². The van der Waals surface area contributed by atoms with E-state index in [4.69, 9.17) is 4.74 Å². The van der Waals surface area contributed by atoms with E-state index >= 15 is 0 Å². The largest absolute Gasteiger partial charge is 0.483 e. The molecule has 0 aliphatic carbocycles. The average Bonchev–Trinajstić information content (AvgIpc) is 3.39. The molecule has 4 rings (SSSR count). The van der Waals surface area contributed by atoms with E-state index in [-0.39, 0.29) is 12.5 Å². The number of ether oxygens (including phenoxy) is 1. The SMILES string of the molecule is Cc1cc(C)c(OCC(=O)N/N=C/c2cccc3[nH]ccc23)c(-c2cccs2)c1. The highest BCUT2D eigenvalue weighted by Crippen LogP contribution is 2.36. The van der Waals surface area contributed by atoms with Gasteiger partial charge in [-0.1, -0.05) is 24.3 Å². The van der Waals surface area contributed by atoms with Crippen molar-refractivity contribution < 1.29 is 9.53 Å². The summed E-state index contributed by atoms with van der Waals surface area (Å²) in [7, 11) is 0. The molecule has 0 aliphatic rings. The fraction of sp³-hybridized carbons (Fsp3) is 0.130. The van der Waals surface area contributed by atoms with Crippen LogP contribution in [0.15, 0.2) is 65.2 Å². The summed E-state index contributed by atoms with van der Waals surface area (Å²) in [4.78, 5) is 16.5. The molecular weight excluding hydrogens is 382 g/mol. The zero-order valence-electron chi connectivity index (χ0n) is 16.2. The van der Waals surface area contributed by atoms with Crippen molar-refractivity contribution >= 4 is 34.4 Å². The van der Waals surface area contributed by atoms with Crippen LogP contribution in [-0.2, 0) is 4.79 Å². The normalized spacial score (nSPS) is 11.2. The van der Waals surface area contributed by atoms with Crippen LogP contribution in [0.4, 0.5) is 0 Å². The van der Waals surface area contributed by atoms with Crippen LogP contribution < -0.4 is 10.2 Å². The number of H-pyrrole nitrogens is 1. The Morgan fingerprint density at radius 2 is 2.10 bits per heavy atom. The topological polar surface area (TPSA) is 66.5 Å². The first-order chi connectivity index (χ1) is 14.1. The van der Waals surface area contributed by atoms with Gasteiger partial charge in [0.15, 0.2) is 6.61 Å². The van der Waals surface area contributed by atoms with Gasteiger partial charge >= 0.3 is 0 Å². The molecular formula is C23H21N3O2S. The van der Waals surface area contributed by atoms with Crippen molar-refractivity contribution in [2.45, 2.75) is 13.8 Å². The molecule has 2 heterocycles. The van der Waals surface area contributed by atoms with E-state index < -0.39 is 0 Å². The first kappa shape index (κ1) is 19.0. The minimum absolute atomic E-state index is 0.103. The minimum Gasteiger partial charge on any atom is -0.483 e. The summed E-state index contributed by atoms with van der Waals surface area (Å²) in [5.74, 6) is 0.425. The molecule has 2 aromatic heterocycles. The van der Waals surface area contributed by atoms with Gasteiger partial charge in [-0.3, -0.25) is 4.79 Å². The van der Waals surface area contributed by atoms with Crippen molar-refractivity contribution in [1.82, 2.24) is 10.4 Å². The fourth-order valence-corrected chi connectivity index (χ4v) is 4.07. The Kier molecular flexibility index (Phi) is 5.44. The number of carbonyl (C=O) groups excluding carboxylic acids is 1. The second kappa shape index (κ2) is 8.32. The highest BCUT2D eigenvalue weighted by molar-refractivity contribution is 7.13. The monoisotopic (exact) mass is 403 g/mol. The number of hydrogen-bond donors (Lipinski definition) is 2. The summed E-state index contributed by atoms with van der Waals surface area (Å²) in [5, 5.41) is 7.16. The van der Waals surface area contributed by atoms with Crippen LogP contribution in [0, 0.1) is 13.8 Å². The van der Waals surface area contributed by atoms with Crippen LogP contribution >= 0.6 is 11.3 Å². The summed E-state index contributed by atoms with van der Waals surface area (Å²) >= 11 is 1.65. The lowest BCUT2D eigenvalue weighted by molar-refractivity contribution is -0.123. The number of amides is 1. The van der Waals surface area contributed by atoms with Crippen LogP contribution in [0.3, 0.4) is 0 Å². The predicted molar refractivity (Wildman–Crippen MR) is 119 cm³/mol. The Labute approximate surface area is 173 Å². The van der Waals surface area contributed by atoms with E-state index in [2.05, 4.69) is 40.6 Å². The van der Waals surface area contributed by atoms with Gasteiger partial charge < -0.3 is 9.72 Å². The molecule has 2 aromatic carbocycles. The molecule has 29 heavy (non-hydrogen) atoms. The van der Waals surface area contributed by atoms with Crippen LogP contribution in [0.1, 0.15) is 16.7 Å². The molecule has 0 bridgehead atoms. The summed E-state index contributed by atoms with van der Waals surface area (Å²) in [5.41, 5.74) is 7.67. The van der Waals surface area contributed by atoms with E-state index in [1.54, 1.807) is 17.6 Å². The minimum atomic E-state index is -0.306. The van der Waals surface area contributed by atoms with Gasteiger partial charge in [-0.25, -0.2) is 5.43 Å². The number of aromatic amines is 1. The van der Waals surface area contributed by atoms with E-state index in [9.17, 15) is 4.79 Å². The van der Waals surface area contributed by atoms with Gasteiger partial charge in [-0.2, -0.15) is 5.10 Å². The quantitative estimate of drug-likeness (QED) is 0.350. The zero-order valence-corrected chi connectivity index (χ0v) is 17.0. The number of aromatic nitrogens is 1. The molecule has 0 saturated carbocycles. The van der Waals surface area contributed by atoms with Gasteiger partial charge in [0.25, 0.3) is 5.91 Å². The van der Waals surface area contributed by atoms with E-state index in [0.29, 0.717) is 0 Å². The number of nitrogens with one attached hydrogen (secondary N) is 2. The highest BCUT2D eigenvalue weighted by Gasteiger charge is 2.13. The molecule has 4 aromatic rings. The van der Waals surface area contributed by atoms with Crippen LogP contribution in [-0.4, -0.2) is 23.7 Å². The first-order valence-corrected chi connectivity index (χ1v) is 10.2. The maximum atomic E-state index is 12.2. The van der Waals surface area contributed by atoms with Crippen LogP contribution in [0.2, 0.25) is 0 Å². The second-order valence-electron chi connectivity index (χ2n) is 6.80. The molecule has 0 saturated heterocycles. The van der Waals surface area contributed by atoms with Crippen LogP contribution in [0.5, 0.6) is 5.75 Å². The average molecular weight is 404 g/mol. The summed E-state index contributed by atoms with van der Waals surface area (Å²) < 4.78 is 5.88. The number of benzene rings is 2. The van der Waals surface area contributed by atoms with Gasteiger partial charge in [0, 0.05) is 33.1 Å². The molecule has 5 nitrogen and oxygen atoms in total. The molecule has 1 amide bonds. The van der Waals surface area contributed by atoms with Gasteiger partial charge in [0.1, 0.15) is 5.75 Å². The lowest BCUT2D eigenvalue weighted by Crippen LogP contribution is -2.25. The molecule has 0 fully saturated rings. The lowest BCUT2D eigenvalue weighted by Gasteiger charge is -2.14. The summed E-state index contributed by atoms with van der Waals surface area (Å²) in [6.45, 7) is 3.95. The molecule has 0 spiro atoms. The van der Waals surface area contributed by atoms with E-state index in [1.165, 1.54) is 0 Å². The molecule has 6 heteroatoms. The Hall–Kier alpha value is -3.38. The van der Waals surface area contributed by atoms with Crippen molar-refractivity contribution in [3.8, 4) is 16.2 Å². The molecule has 146 valence electrons. The standard InChI is InChI=1S/C23H21N3O2S/c1-15-11-16(2)23(19(12-15)21-7-4-10-29-21)28-14-22(27)26-25-13-17-5-3-6-20-18(17)8-9-24-20/h3-13,24H,14H2,1-2H3,(H,26,27)/b25-13+. The number of hydrazone groups is 1. The molecule has 0 aliphatic heterocycles. The summed E-state index contributed by atoms with van der Waals surface area (Å²) in [6.07, 6.45) is 3.52. The number of hydrogen-bond acceptors (Lipinski definition) is 4. The number of aryl methyl sites for hydroxylation is 2. The number of nitrogens with zero attached hydrogens (tertiary/aromatic N) is 1. The predicted octanol–water partition coefficient (Wildman–Crippen LogP) is 5.04. The van der Waals surface area contributed by atoms with Crippen molar-refractivity contribution in [3.63, 3.8) is 0 Å². The van der Waals surface area contributed by atoms with Crippen molar-refractivity contribution in [2.24, 2.45) is 5.10 Å². The second-order valence-corrected chi connectivity index (χ2v) is 7.75. The van der Waals surface area contributed by atoms with Crippen molar-refractivity contribution in [1.29, 1.82) is 0 Å². The maximum absolute atomic E-state index is 12.2. The Morgan fingerprint density at radius 1 is 1.21 bits per heavy atom. The Bertz CT molecular complexity index is 1180. The van der Waals surface area contributed by atoms with E-state index in [1.807, 2.05) is 48.8 Å². The Morgan fingerprint density at radius 3 is 2.93 bits per heavy atom. The number of rotatable bonds is 6. The van der Waals surface area contributed by atoms with Gasteiger partial charge in [0.05, 0.1) is 6.21 Å².